The minimum atomic E-state index is 0.736. The van der Waals surface area contributed by atoms with Gasteiger partial charge >= 0.3 is 0 Å². The first-order valence-electron chi connectivity index (χ1n) is 6.74. The van der Waals surface area contributed by atoms with Crippen LogP contribution in [0.5, 0.6) is 0 Å². The molecular formula is C16H21ClO. The molecule has 0 amide bonds. The molecule has 0 saturated heterocycles. The maximum Gasteiger partial charge on any atom is 0.0717 e. The fourth-order valence-corrected chi connectivity index (χ4v) is 2.22. The highest BCUT2D eigenvalue weighted by Crippen LogP contribution is 2.40. The van der Waals surface area contributed by atoms with Gasteiger partial charge in [-0.05, 0) is 36.7 Å². The lowest BCUT2D eigenvalue weighted by molar-refractivity contribution is 0.109. The Bertz CT molecular complexity index is 361. The summed E-state index contributed by atoms with van der Waals surface area (Å²) < 4.78 is 5.75. The van der Waals surface area contributed by atoms with Crippen molar-refractivity contribution < 1.29 is 4.74 Å². The first kappa shape index (κ1) is 13.6. The molecule has 1 aromatic carbocycles. The second-order valence-electron chi connectivity index (χ2n) is 4.92. The number of halogens is 1. The van der Waals surface area contributed by atoms with Crippen LogP contribution in [0, 0.1) is 11.8 Å². The Kier molecular flexibility index (Phi) is 5.76. The van der Waals surface area contributed by atoms with Crippen LogP contribution < -0.4 is 0 Å². The van der Waals surface area contributed by atoms with Crippen LogP contribution in [-0.2, 0) is 11.3 Å². The zero-order valence-corrected chi connectivity index (χ0v) is 11.5. The van der Waals surface area contributed by atoms with Crippen LogP contribution in [0.4, 0.5) is 0 Å². The second kappa shape index (κ2) is 7.60. The number of benzene rings is 1. The molecule has 2 atom stereocenters. The Hall–Kier alpha value is -0.790. The molecule has 1 nitrogen and oxygen atoms in total. The van der Waals surface area contributed by atoms with Crippen molar-refractivity contribution in [1.82, 2.24) is 0 Å². The van der Waals surface area contributed by atoms with E-state index in [4.69, 9.17) is 16.3 Å². The van der Waals surface area contributed by atoms with Gasteiger partial charge < -0.3 is 4.74 Å². The molecule has 2 unspecified atom stereocenters. The van der Waals surface area contributed by atoms with Crippen molar-refractivity contribution in [2.75, 3.05) is 12.5 Å². The van der Waals surface area contributed by atoms with E-state index in [1.807, 2.05) is 6.07 Å². The lowest BCUT2D eigenvalue weighted by atomic mass is 10.2. The van der Waals surface area contributed by atoms with Crippen LogP contribution in [0.25, 0.3) is 0 Å². The SMILES string of the molecule is ClCCC/C=C/C1CC1COCc1ccccc1. The van der Waals surface area contributed by atoms with Gasteiger partial charge in [0.15, 0.2) is 0 Å². The third-order valence-corrected chi connectivity index (χ3v) is 3.58. The quantitative estimate of drug-likeness (QED) is 0.384. The Morgan fingerprint density at radius 2 is 2.11 bits per heavy atom. The first-order chi connectivity index (χ1) is 8.90. The van der Waals surface area contributed by atoms with E-state index in [-0.39, 0.29) is 0 Å². The topological polar surface area (TPSA) is 9.23 Å². The fraction of sp³-hybridized carbons (Fsp3) is 0.500. The molecule has 1 aromatic rings. The summed E-state index contributed by atoms with van der Waals surface area (Å²) in [6, 6.07) is 10.4. The Morgan fingerprint density at radius 1 is 1.28 bits per heavy atom. The van der Waals surface area contributed by atoms with Gasteiger partial charge in [-0.2, -0.15) is 0 Å². The van der Waals surface area contributed by atoms with Gasteiger partial charge in [-0.1, -0.05) is 42.5 Å². The predicted molar refractivity (Wildman–Crippen MR) is 76.8 cm³/mol. The van der Waals surface area contributed by atoms with E-state index in [0.29, 0.717) is 0 Å². The second-order valence-corrected chi connectivity index (χ2v) is 5.30. The molecule has 0 heterocycles. The van der Waals surface area contributed by atoms with E-state index in [2.05, 4.69) is 36.4 Å². The third kappa shape index (κ3) is 4.83. The van der Waals surface area contributed by atoms with Crippen molar-refractivity contribution in [3.8, 4) is 0 Å². The first-order valence-corrected chi connectivity index (χ1v) is 7.28. The van der Waals surface area contributed by atoms with E-state index in [1.54, 1.807) is 0 Å². The van der Waals surface area contributed by atoms with Crippen LogP contribution in [0.15, 0.2) is 42.5 Å². The van der Waals surface area contributed by atoms with E-state index in [0.717, 1.165) is 43.8 Å². The number of hydrogen-bond acceptors (Lipinski definition) is 1. The highest BCUT2D eigenvalue weighted by molar-refractivity contribution is 6.17. The Labute approximate surface area is 115 Å². The summed E-state index contributed by atoms with van der Waals surface area (Å²) in [4.78, 5) is 0. The van der Waals surface area contributed by atoms with Crippen molar-refractivity contribution in [3.05, 3.63) is 48.0 Å². The summed E-state index contributed by atoms with van der Waals surface area (Å²) in [6.07, 6.45) is 8.08. The summed E-state index contributed by atoms with van der Waals surface area (Å²) in [5, 5.41) is 0. The van der Waals surface area contributed by atoms with E-state index >= 15 is 0 Å². The smallest absolute Gasteiger partial charge is 0.0717 e. The third-order valence-electron chi connectivity index (χ3n) is 3.31. The maximum absolute atomic E-state index is 5.75. The Morgan fingerprint density at radius 3 is 2.89 bits per heavy atom. The van der Waals surface area contributed by atoms with Crippen molar-refractivity contribution >= 4 is 11.6 Å². The monoisotopic (exact) mass is 264 g/mol. The number of alkyl halides is 1. The van der Waals surface area contributed by atoms with Crippen LogP contribution in [0.2, 0.25) is 0 Å². The van der Waals surface area contributed by atoms with Crippen LogP contribution in [0.1, 0.15) is 24.8 Å². The average Bonchev–Trinajstić information content (AvgIpc) is 3.15. The molecule has 0 aliphatic heterocycles. The summed E-state index contributed by atoms with van der Waals surface area (Å²) in [5.74, 6) is 2.25. The van der Waals surface area contributed by atoms with E-state index in [1.165, 1.54) is 12.0 Å². The average molecular weight is 265 g/mol. The lowest BCUT2D eigenvalue weighted by Gasteiger charge is -2.02. The molecule has 0 N–H and O–H groups in total. The zero-order chi connectivity index (χ0) is 12.6. The number of ether oxygens (including phenoxy) is 1. The molecule has 2 rings (SSSR count). The van der Waals surface area contributed by atoms with Gasteiger partial charge in [0.05, 0.1) is 13.2 Å². The molecule has 0 radical (unpaired) electrons. The molecular weight excluding hydrogens is 244 g/mol. The number of unbranched alkanes of at least 4 members (excludes halogenated alkanes) is 1. The van der Waals surface area contributed by atoms with Crippen LogP contribution in [0.3, 0.4) is 0 Å². The van der Waals surface area contributed by atoms with Crippen LogP contribution in [-0.4, -0.2) is 12.5 Å². The lowest BCUT2D eigenvalue weighted by Crippen LogP contribution is -1.98. The van der Waals surface area contributed by atoms with Crippen molar-refractivity contribution in [2.45, 2.75) is 25.9 Å². The highest BCUT2D eigenvalue weighted by atomic mass is 35.5. The van der Waals surface area contributed by atoms with Crippen molar-refractivity contribution in [1.29, 1.82) is 0 Å². The summed E-state index contributed by atoms with van der Waals surface area (Å²) in [5.41, 5.74) is 1.26. The minimum Gasteiger partial charge on any atom is -0.376 e. The molecule has 2 heteroatoms. The fourth-order valence-electron chi connectivity index (χ4n) is 2.07. The van der Waals surface area contributed by atoms with Gasteiger partial charge in [0.2, 0.25) is 0 Å². The predicted octanol–water partition coefficient (Wildman–Crippen LogP) is 4.41. The molecule has 0 aromatic heterocycles. The largest absolute Gasteiger partial charge is 0.376 e. The highest BCUT2D eigenvalue weighted by Gasteiger charge is 2.34. The van der Waals surface area contributed by atoms with Gasteiger partial charge in [0, 0.05) is 5.88 Å². The number of hydrogen-bond donors (Lipinski definition) is 0. The summed E-state index contributed by atoms with van der Waals surface area (Å²) >= 11 is 5.63. The molecule has 1 fully saturated rings. The molecule has 98 valence electrons. The van der Waals surface area contributed by atoms with Crippen molar-refractivity contribution in [3.63, 3.8) is 0 Å². The van der Waals surface area contributed by atoms with Crippen molar-refractivity contribution in [2.24, 2.45) is 11.8 Å². The van der Waals surface area contributed by atoms with Gasteiger partial charge in [-0.15, -0.1) is 11.6 Å². The summed E-state index contributed by atoms with van der Waals surface area (Å²) in [6.45, 7) is 1.62. The standard InChI is InChI=1S/C16H21ClO/c17-10-6-2-5-9-15-11-16(15)13-18-12-14-7-3-1-4-8-14/h1,3-5,7-9,15-16H,2,6,10-13H2/b9-5+. The molecule has 1 aliphatic carbocycles. The molecule has 1 saturated carbocycles. The summed E-state index contributed by atoms with van der Waals surface area (Å²) in [7, 11) is 0. The minimum absolute atomic E-state index is 0.736. The normalized spacial score (nSPS) is 22.5. The van der Waals surface area contributed by atoms with Gasteiger partial charge in [-0.3, -0.25) is 0 Å². The van der Waals surface area contributed by atoms with Crippen LogP contribution >= 0.6 is 11.6 Å². The maximum atomic E-state index is 5.75. The van der Waals surface area contributed by atoms with E-state index < -0.39 is 0 Å². The molecule has 18 heavy (non-hydrogen) atoms. The molecule has 0 bridgehead atoms. The number of rotatable bonds is 8. The Balaban J connectivity index is 1.55. The van der Waals surface area contributed by atoms with Gasteiger partial charge in [0.25, 0.3) is 0 Å². The van der Waals surface area contributed by atoms with Gasteiger partial charge in [0.1, 0.15) is 0 Å². The molecule has 0 spiro atoms. The zero-order valence-electron chi connectivity index (χ0n) is 10.7. The molecule has 1 aliphatic rings. The van der Waals surface area contributed by atoms with Gasteiger partial charge in [-0.25, -0.2) is 0 Å². The van der Waals surface area contributed by atoms with E-state index in [9.17, 15) is 0 Å². The number of allylic oxidation sites excluding steroid dienone is 2.